The maximum absolute atomic E-state index is 13.2. The van der Waals surface area contributed by atoms with Crippen molar-refractivity contribution in [3.05, 3.63) is 23.3 Å². The Balaban J connectivity index is 1.66. The van der Waals surface area contributed by atoms with Gasteiger partial charge in [-0.3, -0.25) is 0 Å². The summed E-state index contributed by atoms with van der Waals surface area (Å²) in [5.41, 5.74) is -0.0898. The number of morpholine rings is 1. The van der Waals surface area contributed by atoms with Gasteiger partial charge in [-0.05, 0) is 31.9 Å². The Morgan fingerprint density at radius 2 is 2.15 bits per heavy atom. The van der Waals surface area contributed by atoms with E-state index in [0.717, 1.165) is 0 Å². The molecule has 1 saturated carbocycles. The van der Waals surface area contributed by atoms with E-state index in [-0.39, 0.29) is 16.1 Å². The number of sulfonamides is 1. The van der Waals surface area contributed by atoms with Gasteiger partial charge in [-0.2, -0.15) is 15.1 Å². The normalized spacial score (nSPS) is 20.3. The third-order valence-corrected chi connectivity index (χ3v) is 8.05. The molecule has 3 heterocycles. The Hall–Kier alpha value is -2.73. The number of aromatic nitrogens is 4. The highest BCUT2D eigenvalue weighted by Gasteiger charge is 2.47. The first-order valence-corrected chi connectivity index (χ1v) is 12.5. The summed E-state index contributed by atoms with van der Waals surface area (Å²) in [6.45, 7) is 3.47. The topological polar surface area (TPSA) is 126 Å². The number of nitrogens with zero attached hydrogens (tertiary/aromatic N) is 6. The highest BCUT2D eigenvalue weighted by molar-refractivity contribution is 7.89. The number of hydrogen-bond acceptors (Lipinski definition) is 9. The second kappa shape index (κ2) is 7.94. The van der Waals surface area contributed by atoms with Crippen LogP contribution in [0.5, 0.6) is 0 Å². The van der Waals surface area contributed by atoms with Crippen LogP contribution in [-0.2, 0) is 14.8 Å². The van der Waals surface area contributed by atoms with Gasteiger partial charge in [0.1, 0.15) is 5.54 Å². The van der Waals surface area contributed by atoms with Crippen molar-refractivity contribution in [3.63, 3.8) is 0 Å². The van der Waals surface area contributed by atoms with E-state index < -0.39 is 27.0 Å². The maximum Gasteiger partial charge on any atom is 0.291 e. The summed E-state index contributed by atoms with van der Waals surface area (Å²) in [4.78, 5) is 1.95. The number of fused-ring (bicyclic) bond motifs is 1. The van der Waals surface area contributed by atoms with Gasteiger partial charge in [0.15, 0.2) is 5.01 Å². The van der Waals surface area contributed by atoms with Gasteiger partial charge in [-0.25, -0.2) is 21.9 Å². The molecule has 174 valence electrons. The fourth-order valence-electron chi connectivity index (χ4n) is 3.77. The molecule has 14 heteroatoms. The Morgan fingerprint density at radius 3 is 2.79 bits per heavy atom. The third-order valence-electron chi connectivity index (χ3n) is 5.62. The van der Waals surface area contributed by atoms with Gasteiger partial charge in [0.25, 0.3) is 6.43 Å². The zero-order valence-electron chi connectivity index (χ0n) is 17.4. The summed E-state index contributed by atoms with van der Waals surface area (Å²) in [6, 6.07) is 4.98. The molecule has 2 aromatic heterocycles. The second-order valence-corrected chi connectivity index (χ2v) is 10.8. The van der Waals surface area contributed by atoms with E-state index in [0.29, 0.717) is 60.5 Å². The minimum Gasteiger partial charge on any atom is -0.375 e. The monoisotopic (exact) mass is 495 g/mol. The van der Waals surface area contributed by atoms with Crippen molar-refractivity contribution >= 4 is 38.0 Å². The lowest BCUT2D eigenvalue weighted by Gasteiger charge is -2.33. The van der Waals surface area contributed by atoms with E-state index in [1.165, 1.54) is 10.7 Å². The van der Waals surface area contributed by atoms with Crippen molar-refractivity contribution in [2.75, 3.05) is 24.6 Å². The number of ether oxygens (including phenoxy) is 1. The average Bonchev–Trinajstić information content (AvgIpc) is 3.18. The van der Waals surface area contributed by atoms with Crippen LogP contribution < -0.4 is 9.62 Å². The van der Waals surface area contributed by atoms with Crippen LogP contribution in [0.4, 0.5) is 14.5 Å². The van der Waals surface area contributed by atoms with Gasteiger partial charge in [-0.15, -0.1) is 10.2 Å². The largest absolute Gasteiger partial charge is 0.375 e. The number of anilines is 1. The number of nitrogens with one attached hydrogen (secondary N) is 1. The highest BCUT2D eigenvalue weighted by Crippen LogP contribution is 2.38. The van der Waals surface area contributed by atoms with E-state index >= 15 is 0 Å². The van der Waals surface area contributed by atoms with Crippen molar-refractivity contribution in [1.82, 2.24) is 24.7 Å². The summed E-state index contributed by atoms with van der Waals surface area (Å²) >= 11 is 0.679. The summed E-state index contributed by atoms with van der Waals surface area (Å²) in [7, 11) is -4.04. The second-order valence-electron chi connectivity index (χ2n) is 8.08. The van der Waals surface area contributed by atoms with Crippen molar-refractivity contribution in [1.29, 1.82) is 5.26 Å². The predicted octanol–water partition coefficient (Wildman–Crippen LogP) is 2.37. The Morgan fingerprint density at radius 1 is 1.36 bits per heavy atom. The molecule has 0 spiro atoms. The van der Waals surface area contributed by atoms with Crippen LogP contribution in [0.1, 0.15) is 31.2 Å². The van der Waals surface area contributed by atoms with Crippen LogP contribution >= 0.6 is 11.3 Å². The average molecular weight is 496 g/mol. The highest BCUT2D eigenvalue weighted by atomic mass is 32.2. The lowest BCUT2D eigenvalue weighted by Crippen LogP contribution is -2.41. The lowest BCUT2D eigenvalue weighted by molar-refractivity contribution is 0.0533. The number of alkyl halides is 2. The third kappa shape index (κ3) is 4.05. The fourth-order valence-corrected chi connectivity index (χ4v) is 5.85. The van der Waals surface area contributed by atoms with Crippen LogP contribution in [0, 0.1) is 11.3 Å². The molecule has 0 amide bonds. The van der Waals surface area contributed by atoms with Crippen LogP contribution in [0.2, 0.25) is 0 Å². The molecule has 1 N–H and O–H groups in total. The van der Waals surface area contributed by atoms with Crippen molar-refractivity contribution < 1.29 is 21.9 Å². The molecule has 1 aliphatic heterocycles. The Kier molecular flexibility index (Phi) is 5.31. The fraction of sp³-hybridized carbons (Fsp3) is 0.474. The van der Waals surface area contributed by atoms with Gasteiger partial charge in [0, 0.05) is 24.2 Å². The van der Waals surface area contributed by atoms with E-state index in [4.69, 9.17) is 4.74 Å². The minimum absolute atomic E-state index is 0.0500. The summed E-state index contributed by atoms with van der Waals surface area (Å²) in [5, 5.41) is 21.2. The van der Waals surface area contributed by atoms with Crippen molar-refractivity contribution in [3.8, 4) is 11.2 Å². The van der Waals surface area contributed by atoms with Gasteiger partial charge < -0.3 is 9.64 Å². The number of nitriles is 1. The standard InChI is InChI=1S/C19H19F2N7O3S2/c1-11-9-27(4-5-31-11)14-6-12(33(29,30)26-19(10-22)2-3-19)7-15-13(14)8-23-28(15)18-25-24-17(32-18)16(20)21/h6-8,11,16,26H,2-5,9H2,1H3. The SMILES string of the molecule is CC1CN(c2cc(S(=O)(=O)NC3(C#N)CC3)cc3c2cnn3-c2nnc(C(F)F)s2)CCO1. The smallest absolute Gasteiger partial charge is 0.291 e. The first kappa shape index (κ1) is 22.1. The molecule has 1 aliphatic carbocycles. The molecule has 0 bridgehead atoms. The summed E-state index contributed by atoms with van der Waals surface area (Å²) in [5.74, 6) is 0. The first-order chi connectivity index (χ1) is 15.7. The summed E-state index contributed by atoms with van der Waals surface area (Å²) < 4.78 is 61.9. The van der Waals surface area contributed by atoms with Crippen LogP contribution in [0.25, 0.3) is 16.0 Å². The zero-order chi connectivity index (χ0) is 23.4. The van der Waals surface area contributed by atoms with E-state index in [9.17, 15) is 22.5 Å². The van der Waals surface area contributed by atoms with Gasteiger partial charge in [-0.1, -0.05) is 11.3 Å². The van der Waals surface area contributed by atoms with Crippen LogP contribution in [0.15, 0.2) is 23.2 Å². The summed E-state index contributed by atoms with van der Waals surface area (Å²) in [6.07, 6.45) is -0.400. The van der Waals surface area contributed by atoms with E-state index in [1.807, 2.05) is 17.9 Å². The predicted molar refractivity (Wildman–Crippen MR) is 115 cm³/mol. The van der Waals surface area contributed by atoms with E-state index in [1.54, 1.807) is 12.3 Å². The molecule has 10 nitrogen and oxygen atoms in total. The molecule has 1 unspecified atom stereocenters. The molecule has 1 aromatic carbocycles. The maximum atomic E-state index is 13.2. The van der Waals surface area contributed by atoms with E-state index in [2.05, 4.69) is 20.0 Å². The number of halogens is 2. The van der Waals surface area contributed by atoms with Crippen molar-refractivity contribution in [2.24, 2.45) is 0 Å². The molecule has 5 rings (SSSR count). The first-order valence-electron chi connectivity index (χ1n) is 10.2. The lowest BCUT2D eigenvalue weighted by atomic mass is 10.1. The Labute approximate surface area is 191 Å². The number of benzene rings is 1. The molecule has 33 heavy (non-hydrogen) atoms. The van der Waals surface area contributed by atoms with Gasteiger partial charge in [0.05, 0.1) is 35.4 Å². The minimum atomic E-state index is -4.04. The molecule has 2 fully saturated rings. The number of hydrogen-bond donors (Lipinski definition) is 1. The van der Waals surface area contributed by atoms with Crippen LogP contribution in [0.3, 0.4) is 0 Å². The molecule has 2 aliphatic rings. The van der Waals surface area contributed by atoms with Crippen molar-refractivity contribution in [2.45, 2.75) is 42.7 Å². The number of rotatable bonds is 6. The molecule has 3 aromatic rings. The van der Waals surface area contributed by atoms with Crippen LogP contribution in [-0.4, -0.2) is 59.7 Å². The van der Waals surface area contributed by atoms with Gasteiger partial charge in [0.2, 0.25) is 15.2 Å². The molecular formula is C19H19F2N7O3S2. The quantitative estimate of drug-likeness (QED) is 0.552. The Bertz CT molecular complexity index is 1360. The molecular weight excluding hydrogens is 476 g/mol. The van der Waals surface area contributed by atoms with Gasteiger partial charge >= 0.3 is 0 Å². The molecule has 0 radical (unpaired) electrons. The zero-order valence-corrected chi connectivity index (χ0v) is 19.0. The molecule has 1 atom stereocenters. The molecule has 1 saturated heterocycles.